The highest BCUT2D eigenvalue weighted by molar-refractivity contribution is 5.86. The van der Waals surface area contributed by atoms with Crippen LogP contribution in [0.3, 0.4) is 0 Å². The molecule has 0 saturated carbocycles. The number of aromatic nitrogens is 1. The Morgan fingerprint density at radius 2 is 2.05 bits per heavy atom. The zero-order valence-electron chi connectivity index (χ0n) is 11.4. The van der Waals surface area contributed by atoms with Gasteiger partial charge in [0.2, 0.25) is 0 Å². The Kier molecular flexibility index (Phi) is 4.32. The van der Waals surface area contributed by atoms with Crippen LogP contribution in [0.5, 0.6) is 5.75 Å². The largest absolute Gasteiger partial charge is 0.496 e. The number of fused-ring (bicyclic) bond motifs is 1. The van der Waals surface area contributed by atoms with Gasteiger partial charge in [0.15, 0.2) is 0 Å². The molecule has 1 heterocycles. The molecule has 102 valence electrons. The number of unbranched alkanes of at least 4 members (excludes halogenated alkanes) is 1. The van der Waals surface area contributed by atoms with Crippen LogP contribution < -0.4 is 10.5 Å². The number of benzene rings is 1. The predicted octanol–water partition coefficient (Wildman–Crippen LogP) is 2.97. The molecule has 4 heteroatoms. The van der Waals surface area contributed by atoms with E-state index < -0.39 is 0 Å². The Labute approximate surface area is 112 Å². The summed E-state index contributed by atoms with van der Waals surface area (Å²) in [7, 11) is 1.59. The average Bonchev–Trinajstić information content (AvgIpc) is 2.39. The van der Waals surface area contributed by atoms with Crippen LogP contribution in [0.25, 0.3) is 10.9 Å². The summed E-state index contributed by atoms with van der Waals surface area (Å²) in [5.41, 5.74) is 7.56. The van der Waals surface area contributed by atoms with Gasteiger partial charge in [-0.2, -0.15) is 0 Å². The molecule has 19 heavy (non-hydrogen) atoms. The number of pyridine rings is 1. The number of nitrogens with zero attached hydrogens (tertiary/aromatic N) is 1. The van der Waals surface area contributed by atoms with E-state index in [-0.39, 0.29) is 5.82 Å². The van der Waals surface area contributed by atoms with Crippen molar-refractivity contribution in [2.45, 2.75) is 26.2 Å². The maximum atomic E-state index is 14.1. The molecule has 0 saturated heterocycles. The second-order valence-electron chi connectivity index (χ2n) is 4.69. The molecule has 0 radical (unpaired) electrons. The molecule has 2 rings (SSSR count). The third kappa shape index (κ3) is 3.01. The van der Waals surface area contributed by atoms with Gasteiger partial charge in [0.1, 0.15) is 17.1 Å². The van der Waals surface area contributed by atoms with Gasteiger partial charge in [0.05, 0.1) is 7.11 Å². The monoisotopic (exact) mass is 262 g/mol. The van der Waals surface area contributed by atoms with Crippen LogP contribution in [0.4, 0.5) is 4.39 Å². The first-order valence-corrected chi connectivity index (χ1v) is 6.49. The van der Waals surface area contributed by atoms with E-state index in [1.165, 1.54) is 0 Å². The van der Waals surface area contributed by atoms with Gasteiger partial charge in [-0.05, 0) is 50.4 Å². The number of aryl methyl sites for hydroxylation is 2. The lowest BCUT2D eigenvalue weighted by Crippen LogP contribution is -2.00. The summed E-state index contributed by atoms with van der Waals surface area (Å²) in [6.45, 7) is 2.50. The van der Waals surface area contributed by atoms with E-state index in [1.807, 2.05) is 19.1 Å². The Bertz CT molecular complexity index is 584. The molecule has 2 N–H and O–H groups in total. The maximum Gasteiger partial charge on any atom is 0.149 e. The third-order valence-electron chi connectivity index (χ3n) is 3.16. The summed E-state index contributed by atoms with van der Waals surface area (Å²) in [6.07, 6.45) is 2.73. The first-order valence-electron chi connectivity index (χ1n) is 6.49. The zero-order valence-corrected chi connectivity index (χ0v) is 11.4. The molecule has 1 aromatic heterocycles. The fourth-order valence-electron chi connectivity index (χ4n) is 2.22. The fraction of sp³-hybridized carbons (Fsp3) is 0.400. The number of methoxy groups -OCH3 is 1. The summed E-state index contributed by atoms with van der Waals surface area (Å²) in [6, 6.07) is 5.34. The van der Waals surface area contributed by atoms with E-state index in [1.54, 1.807) is 13.2 Å². The number of ether oxygens (including phenoxy) is 1. The fourth-order valence-corrected chi connectivity index (χ4v) is 2.22. The predicted molar refractivity (Wildman–Crippen MR) is 75.0 cm³/mol. The SMILES string of the molecule is COc1cc(C)nc2c(F)cc(CCCCN)cc12. The first-order chi connectivity index (χ1) is 9.15. The normalized spacial score (nSPS) is 10.9. The van der Waals surface area contributed by atoms with Gasteiger partial charge in [-0.15, -0.1) is 0 Å². The summed E-state index contributed by atoms with van der Waals surface area (Å²) in [5.74, 6) is 0.379. The van der Waals surface area contributed by atoms with E-state index in [0.717, 1.165) is 35.9 Å². The van der Waals surface area contributed by atoms with E-state index in [9.17, 15) is 4.39 Å². The van der Waals surface area contributed by atoms with Crippen LogP contribution in [0, 0.1) is 12.7 Å². The first kappa shape index (κ1) is 13.7. The lowest BCUT2D eigenvalue weighted by molar-refractivity contribution is 0.419. The van der Waals surface area contributed by atoms with E-state index in [4.69, 9.17) is 10.5 Å². The van der Waals surface area contributed by atoms with Gasteiger partial charge in [-0.3, -0.25) is 0 Å². The van der Waals surface area contributed by atoms with Crippen molar-refractivity contribution in [3.63, 3.8) is 0 Å². The maximum absolute atomic E-state index is 14.1. The van der Waals surface area contributed by atoms with Crippen molar-refractivity contribution in [1.82, 2.24) is 4.98 Å². The molecule has 0 aliphatic heterocycles. The Hall–Kier alpha value is -1.68. The van der Waals surface area contributed by atoms with Crippen LogP contribution in [0.15, 0.2) is 18.2 Å². The van der Waals surface area contributed by atoms with Crippen molar-refractivity contribution < 1.29 is 9.13 Å². The molecule has 0 atom stereocenters. The van der Waals surface area contributed by atoms with Crippen molar-refractivity contribution in [3.8, 4) is 5.75 Å². The van der Waals surface area contributed by atoms with Crippen LogP contribution in [-0.4, -0.2) is 18.6 Å². The standard InChI is InChI=1S/C15H19FN2O/c1-10-7-14(19-2)12-8-11(5-3-4-6-17)9-13(16)15(12)18-10/h7-9H,3-6,17H2,1-2H3. The number of nitrogens with two attached hydrogens (primary N) is 1. The van der Waals surface area contributed by atoms with E-state index >= 15 is 0 Å². The molecule has 0 spiro atoms. The van der Waals surface area contributed by atoms with Crippen molar-refractivity contribution in [2.75, 3.05) is 13.7 Å². The van der Waals surface area contributed by atoms with Gasteiger partial charge in [-0.1, -0.05) is 0 Å². The molecule has 2 aromatic rings. The van der Waals surface area contributed by atoms with Crippen LogP contribution in [0.2, 0.25) is 0 Å². The highest BCUT2D eigenvalue weighted by Gasteiger charge is 2.10. The van der Waals surface area contributed by atoms with Gasteiger partial charge >= 0.3 is 0 Å². The number of halogens is 1. The number of hydrogen-bond acceptors (Lipinski definition) is 3. The minimum absolute atomic E-state index is 0.290. The van der Waals surface area contributed by atoms with Crippen molar-refractivity contribution in [3.05, 3.63) is 35.3 Å². The van der Waals surface area contributed by atoms with Crippen LogP contribution in [0.1, 0.15) is 24.1 Å². The quantitative estimate of drug-likeness (QED) is 0.843. The molecular weight excluding hydrogens is 243 g/mol. The molecule has 0 unspecified atom stereocenters. The molecular formula is C15H19FN2O. The summed E-state index contributed by atoms with van der Waals surface area (Å²) >= 11 is 0. The van der Waals surface area contributed by atoms with Crippen molar-refractivity contribution >= 4 is 10.9 Å². The molecule has 0 aliphatic rings. The smallest absolute Gasteiger partial charge is 0.149 e. The van der Waals surface area contributed by atoms with Gasteiger partial charge < -0.3 is 10.5 Å². The Balaban J connectivity index is 2.45. The highest BCUT2D eigenvalue weighted by Crippen LogP contribution is 2.28. The second-order valence-corrected chi connectivity index (χ2v) is 4.69. The summed E-state index contributed by atoms with van der Waals surface area (Å²) < 4.78 is 19.4. The van der Waals surface area contributed by atoms with Crippen molar-refractivity contribution in [2.24, 2.45) is 5.73 Å². The zero-order chi connectivity index (χ0) is 13.8. The van der Waals surface area contributed by atoms with Crippen molar-refractivity contribution in [1.29, 1.82) is 0 Å². The molecule has 3 nitrogen and oxygen atoms in total. The molecule has 0 fully saturated rings. The number of rotatable bonds is 5. The van der Waals surface area contributed by atoms with E-state index in [2.05, 4.69) is 4.98 Å². The minimum Gasteiger partial charge on any atom is -0.496 e. The lowest BCUT2D eigenvalue weighted by Gasteiger charge is -2.09. The topological polar surface area (TPSA) is 48.1 Å². The van der Waals surface area contributed by atoms with Crippen LogP contribution in [-0.2, 0) is 6.42 Å². The molecule has 1 aromatic carbocycles. The van der Waals surface area contributed by atoms with Gasteiger partial charge in [-0.25, -0.2) is 9.37 Å². The number of hydrogen-bond donors (Lipinski definition) is 1. The Morgan fingerprint density at radius 3 is 2.74 bits per heavy atom. The highest BCUT2D eigenvalue weighted by atomic mass is 19.1. The van der Waals surface area contributed by atoms with Gasteiger partial charge in [0, 0.05) is 17.1 Å². The van der Waals surface area contributed by atoms with E-state index in [0.29, 0.717) is 17.8 Å². The minimum atomic E-state index is -0.290. The molecule has 0 bridgehead atoms. The lowest BCUT2D eigenvalue weighted by atomic mass is 10.0. The molecule has 0 amide bonds. The molecule has 0 aliphatic carbocycles. The summed E-state index contributed by atoms with van der Waals surface area (Å²) in [5, 5.41) is 0.732. The Morgan fingerprint density at radius 1 is 1.26 bits per heavy atom. The van der Waals surface area contributed by atoms with Gasteiger partial charge in [0.25, 0.3) is 0 Å². The summed E-state index contributed by atoms with van der Waals surface area (Å²) in [4.78, 5) is 4.25. The average molecular weight is 262 g/mol. The third-order valence-corrected chi connectivity index (χ3v) is 3.16. The van der Waals surface area contributed by atoms with Crippen LogP contribution >= 0.6 is 0 Å². The second kappa shape index (κ2) is 5.97.